The molecule has 0 radical (unpaired) electrons. The van der Waals surface area contributed by atoms with E-state index >= 15 is 0 Å². The zero-order valence-corrected chi connectivity index (χ0v) is 9.63. The maximum atomic E-state index is 5.50. The molecular formula is C9H20O2Si. The molecule has 0 amide bonds. The first-order valence-electron chi connectivity index (χ1n) is 4.99. The van der Waals surface area contributed by atoms with Gasteiger partial charge in [0.15, 0.2) is 9.76 Å². The minimum absolute atomic E-state index is 0.317. The second-order valence-corrected chi connectivity index (χ2v) is 5.52. The molecule has 1 aliphatic heterocycles. The number of rotatable bonds is 6. The summed E-state index contributed by atoms with van der Waals surface area (Å²) < 4.78 is 10.8. The van der Waals surface area contributed by atoms with Crippen molar-refractivity contribution in [2.75, 3.05) is 13.7 Å². The van der Waals surface area contributed by atoms with Crippen LogP contribution in [0.1, 0.15) is 32.6 Å². The van der Waals surface area contributed by atoms with Gasteiger partial charge in [-0.1, -0.05) is 19.8 Å². The molecule has 2 atom stereocenters. The standard InChI is InChI=1S/C9H20O2Si/c1-3-4-5-9(12-10-2)8-6-7-11-8/h8-9H,3-7,12H2,1-2H3. The van der Waals surface area contributed by atoms with E-state index in [1.54, 1.807) is 0 Å². The summed E-state index contributed by atoms with van der Waals surface area (Å²) >= 11 is 0. The third-order valence-electron chi connectivity index (χ3n) is 2.57. The number of hydrogen-bond donors (Lipinski definition) is 0. The summed E-state index contributed by atoms with van der Waals surface area (Å²) in [5, 5.41) is 0. The average Bonchev–Trinajstić information content (AvgIpc) is 1.97. The van der Waals surface area contributed by atoms with E-state index in [0.29, 0.717) is 6.10 Å². The molecule has 2 nitrogen and oxygen atoms in total. The fourth-order valence-corrected chi connectivity index (χ4v) is 3.15. The summed E-state index contributed by atoms with van der Waals surface area (Å²) in [5.41, 5.74) is 0.781. The molecule has 1 fully saturated rings. The van der Waals surface area contributed by atoms with Crippen LogP contribution in [0.3, 0.4) is 0 Å². The molecule has 1 saturated heterocycles. The van der Waals surface area contributed by atoms with Crippen molar-refractivity contribution < 1.29 is 9.16 Å². The highest BCUT2D eigenvalue weighted by Gasteiger charge is 2.27. The normalized spacial score (nSPS) is 26.0. The molecule has 1 heterocycles. The summed E-state index contributed by atoms with van der Waals surface area (Å²) in [5.74, 6) is 0. The molecule has 0 saturated carbocycles. The highest BCUT2D eigenvalue weighted by Crippen LogP contribution is 2.28. The quantitative estimate of drug-likeness (QED) is 0.588. The van der Waals surface area contributed by atoms with Crippen LogP contribution in [-0.2, 0) is 9.16 Å². The molecule has 0 bridgehead atoms. The van der Waals surface area contributed by atoms with Crippen molar-refractivity contribution in [3.63, 3.8) is 0 Å². The summed E-state index contributed by atoms with van der Waals surface area (Å²) in [7, 11) is 1.52. The van der Waals surface area contributed by atoms with Crippen LogP contribution in [0.5, 0.6) is 0 Å². The lowest BCUT2D eigenvalue weighted by molar-refractivity contribution is -0.0569. The van der Waals surface area contributed by atoms with E-state index in [-0.39, 0.29) is 9.76 Å². The van der Waals surface area contributed by atoms with Gasteiger partial charge in [0.25, 0.3) is 0 Å². The molecule has 0 aromatic heterocycles. The minimum atomic E-state index is -0.317. The largest absolute Gasteiger partial charge is 0.427 e. The number of hydrogen-bond acceptors (Lipinski definition) is 2. The Kier molecular flexibility index (Phi) is 4.88. The van der Waals surface area contributed by atoms with Gasteiger partial charge in [0, 0.05) is 13.7 Å². The summed E-state index contributed by atoms with van der Waals surface area (Å²) in [6, 6.07) is 0. The van der Waals surface area contributed by atoms with Crippen molar-refractivity contribution in [1.82, 2.24) is 0 Å². The van der Waals surface area contributed by atoms with Crippen LogP contribution in [0.25, 0.3) is 0 Å². The van der Waals surface area contributed by atoms with Gasteiger partial charge in [-0.2, -0.15) is 0 Å². The lowest BCUT2D eigenvalue weighted by Gasteiger charge is -2.33. The number of ether oxygens (including phenoxy) is 1. The lowest BCUT2D eigenvalue weighted by Crippen LogP contribution is -2.34. The van der Waals surface area contributed by atoms with Crippen LogP contribution in [0.2, 0.25) is 5.54 Å². The Morgan fingerprint density at radius 1 is 1.67 bits per heavy atom. The Morgan fingerprint density at radius 2 is 2.42 bits per heavy atom. The predicted molar refractivity (Wildman–Crippen MR) is 53.2 cm³/mol. The van der Waals surface area contributed by atoms with Crippen molar-refractivity contribution in [3.8, 4) is 0 Å². The van der Waals surface area contributed by atoms with Crippen molar-refractivity contribution in [3.05, 3.63) is 0 Å². The molecule has 1 rings (SSSR count). The Morgan fingerprint density at radius 3 is 2.83 bits per heavy atom. The van der Waals surface area contributed by atoms with Crippen LogP contribution < -0.4 is 0 Å². The molecule has 0 aromatic rings. The van der Waals surface area contributed by atoms with E-state index in [1.807, 2.05) is 7.11 Å². The van der Waals surface area contributed by atoms with Crippen LogP contribution in [0.4, 0.5) is 0 Å². The van der Waals surface area contributed by atoms with Crippen molar-refractivity contribution in [2.24, 2.45) is 0 Å². The third-order valence-corrected chi connectivity index (χ3v) is 4.26. The van der Waals surface area contributed by atoms with Gasteiger partial charge in [0.2, 0.25) is 0 Å². The van der Waals surface area contributed by atoms with Crippen LogP contribution in [0, 0.1) is 0 Å². The first-order valence-corrected chi connectivity index (χ1v) is 6.38. The second-order valence-electron chi connectivity index (χ2n) is 3.56. The van der Waals surface area contributed by atoms with Gasteiger partial charge in [-0.25, -0.2) is 0 Å². The van der Waals surface area contributed by atoms with Gasteiger partial charge in [-0.3, -0.25) is 0 Å². The van der Waals surface area contributed by atoms with Gasteiger partial charge < -0.3 is 9.16 Å². The summed E-state index contributed by atoms with van der Waals surface area (Å²) in [6.07, 6.45) is 5.77. The molecule has 0 aromatic carbocycles. The van der Waals surface area contributed by atoms with Gasteiger partial charge in [0.1, 0.15) is 0 Å². The Hall–Kier alpha value is 0.137. The molecule has 1 aliphatic rings. The van der Waals surface area contributed by atoms with E-state index in [0.717, 1.165) is 12.1 Å². The van der Waals surface area contributed by atoms with E-state index in [1.165, 1.54) is 25.7 Å². The molecule has 0 spiro atoms. The first kappa shape index (κ1) is 10.2. The molecule has 2 unspecified atom stereocenters. The van der Waals surface area contributed by atoms with Crippen LogP contribution in [0.15, 0.2) is 0 Å². The topological polar surface area (TPSA) is 18.5 Å². The lowest BCUT2D eigenvalue weighted by atomic mass is 10.0. The van der Waals surface area contributed by atoms with E-state index < -0.39 is 0 Å². The Bertz CT molecular complexity index is 115. The van der Waals surface area contributed by atoms with Crippen molar-refractivity contribution in [1.29, 1.82) is 0 Å². The first-order chi connectivity index (χ1) is 5.88. The average molecular weight is 188 g/mol. The Labute approximate surface area is 77.6 Å². The third kappa shape index (κ3) is 2.88. The molecule has 72 valence electrons. The molecule has 12 heavy (non-hydrogen) atoms. The highest BCUT2D eigenvalue weighted by molar-refractivity contribution is 6.29. The van der Waals surface area contributed by atoms with Gasteiger partial charge in [0.05, 0.1) is 6.10 Å². The van der Waals surface area contributed by atoms with Crippen LogP contribution >= 0.6 is 0 Å². The SMILES string of the molecule is CCCCC([SiH2]OC)C1CCO1. The zero-order chi connectivity index (χ0) is 8.81. The fourth-order valence-electron chi connectivity index (χ4n) is 1.68. The molecule has 3 heteroatoms. The van der Waals surface area contributed by atoms with E-state index in [9.17, 15) is 0 Å². The molecular weight excluding hydrogens is 168 g/mol. The monoisotopic (exact) mass is 188 g/mol. The highest BCUT2D eigenvalue weighted by atomic mass is 28.2. The van der Waals surface area contributed by atoms with E-state index in [2.05, 4.69) is 6.92 Å². The number of unbranched alkanes of at least 4 members (excludes halogenated alkanes) is 1. The molecule has 0 N–H and O–H groups in total. The minimum Gasteiger partial charge on any atom is -0.427 e. The van der Waals surface area contributed by atoms with Crippen molar-refractivity contribution >= 4 is 9.76 Å². The summed E-state index contributed by atoms with van der Waals surface area (Å²) in [4.78, 5) is 0. The van der Waals surface area contributed by atoms with Gasteiger partial charge >= 0.3 is 0 Å². The molecule has 0 aliphatic carbocycles. The van der Waals surface area contributed by atoms with Gasteiger partial charge in [-0.15, -0.1) is 0 Å². The van der Waals surface area contributed by atoms with Gasteiger partial charge in [-0.05, 0) is 18.4 Å². The zero-order valence-electron chi connectivity index (χ0n) is 8.21. The van der Waals surface area contributed by atoms with Crippen molar-refractivity contribution in [2.45, 2.75) is 44.3 Å². The maximum absolute atomic E-state index is 5.50. The summed E-state index contributed by atoms with van der Waals surface area (Å²) in [6.45, 7) is 3.22. The second kappa shape index (κ2) is 5.73. The maximum Gasteiger partial charge on any atom is 0.166 e. The van der Waals surface area contributed by atoms with Crippen LogP contribution in [-0.4, -0.2) is 29.6 Å². The van der Waals surface area contributed by atoms with E-state index in [4.69, 9.17) is 9.16 Å². The Balaban J connectivity index is 2.17. The smallest absolute Gasteiger partial charge is 0.166 e. The predicted octanol–water partition coefficient (Wildman–Crippen LogP) is 1.48. The fraction of sp³-hybridized carbons (Fsp3) is 1.00.